The average Bonchev–Trinajstić information content (AvgIpc) is 2.58. The third-order valence-corrected chi connectivity index (χ3v) is 4.03. The largest absolute Gasteiger partial charge is 0.498 e. The van der Waals surface area contributed by atoms with Crippen molar-refractivity contribution in [3.05, 3.63) is 24.0 Å². The fourth-order valence-corrected chi connectivity index (χ4v) is 2.03. The molecule has 116 valence electrons. The van der Waals surface area contributed by atoms with Crippen LogP contribution in [0.4, 0.5) is 4.39 Å². The van der Waals surface area contributed by atoms with E-state index in [9.17, 15) is 4.39 Å². The summed E-state index contributed by atoms with van der Waals surface area (Å²) >= 11 is 0. The van der Waals surface area contributed by atoms with E-state index in [2.05, 4.69) is 0 Å². The standard InChI is InChI=1S/C15H22BFO4/c1-14(2)15(3,4)21-16(20-14)12-7-6-11(17)10-13(12)19-9-8-18-5/h6-7,10H,8-9H2,1-5H3. The molecule has 0 N–H and O–H groups in total. The molecule has 1 aliphatic rings. The minimum absolute atomic E-state index is 0.340. The van der Waals surface area contributed by atoms with Crippen LogP contribution in [0, 0.1) is 5.82 Å². The summed E-state index contributed by atoms with van der Waals surface area (Å²) in [6.45, 7) is 8.67. The number of hydrogen-bond acceptors (Lipinski definition) is 4. The third-order valence-electron chi connectivity index (χ3n) is 4.03. The first-order valence-electron chi connectivity index (χ1n) is 7.04. The van der Waals surface area contributed by atoms with Gasteiger partial charge in [-0.15, -0.1) is 0 Å². The lowest BCUT2D eigenvalue weighted by Crippen LogP contribution is -2.41. The van der Waals surface area contributed by atoms with Gasteiger partial charge in [-0.2, -0.15) is 0 Å². The van der Waals surface area contributed by atoms with Gasteiger partial charge in [0, 0.05) is 18.6 Å². The molecule has 0 spiro atoms. The number of hydrogen-bond donors (Lipinski definition) is 0. The van der Waals surface area contributed by atoms with Gasteiger partial charge in [0.25, 0.3) is 0 Å². The molecule has 0 bridgehead atoms. The number of halogens is 1. The number of rotatable bonds is 5. The Morgan fingerprint density at radius 1 is 1.10 bits per heavy atom. The molecule has 1 aliphatic heterocycles. The molecule has 0 aromatic heterocycles. The summed E-state index contributed by atoms with van der Waals surface area (Å²) in [4.78, 5) is 0. The molecule has 4 nitrogen and oxygen atoms in total. The van der Waals surface area contributed by atoms with E-state index >= 15 is 0 Å². The Labute approximate surface area is 125 Å². The maximum absolute atomic E-state index is 13.5. The quantitative estimate of drug-likeness (QED) is 0.616. The van der Waals surface area contributed by atoms with Crippen LogP contribution in [-0.4, -0.2) is 38.6 Å². The van der Waals surface area contributed by atoms with E-state index in [1.165, 1.54) is 12.1 Å². The summed E-state index contributed by atoms with van der Waals surface area (Å²) < 4.78 is 35.9. The van der Waals surface area contributed by atoms with Crippen LogP contribution >= 0.6 is 0 Å². The van der Waals surface area contributed by atoms with Crippen LogP contribution in [0.15, 0.2) is 18.2 Å². The van der Waals surface area contributed by atoms with Crippen LogP contribution in [0.1, 0.15) is 27.7 Å². The van der Waals surface area contributed by atoms with E-state index in [4.69, 9.17) is 18.8 Å². The van der Waals surface area contributed by atoms with Gasteiger partial charge in [-0.25, -0.2) is 4.39 Å². The van der Waals surface area contributed by atoms with Crippen molar-refractivity contribution in [1.29, 1.82) is 0 Å². The first-order valence-corrected chi connectivity index (χ1v) is 7.04. The van der Waals surface area contributed by atoms with Gasteiger partial charge in [-0.3, -0.25) is 0 Å². The van der Waals surface area contributed by atoms with E-state index in [1.54, 1.807) is 13.2 Å². The van der Waals surface area contributed by atoms with Crippen LogP contribution in [0.3, 0.4) is 0 Å². The Kier molecular flexibility index (Phi) is 4.61. The second-order valence-corrected chi connectivity index (χ2v) is 6.11. The minimum Gasteiger partial charge on any atom is -0.491 e. The molecule has 0 saturated carbocycles. The van der Waals surface area contributed by atoms with Gasteiger partial charge in [0.15, 0.2) is 0 Å². The summed E-state index contributed by atoms with van der Waals surface area (Å²) in [6.07, 6.45) is 0. The lowest BCUT2D eigenvalue weighted by Gasteiger charge is -2.32. The molecular weight excluding hydrogens is 274 g/mol. The average molecular weight is 296 g/mol. The monoisotopic (exact) mass is 296 g/mol. The summed E-state index contributed by atoms with van der Waals surface area (Å²) in [5.74, 6) is 0.0632. The fraction of sp³-hybridized carbons (Fsp3) is 0.600. The molecule has 6 heteroatoms. The summed E-state index contributed by atoms with van der Waals surface area (Å²) in [5, 5.41) is 0. The topological polar surface area (TPSA) is 36.9 Å². The van der Waals surface area contributed by atoms with Gasteiger partial charge in [0.1, 0.15) is 18.2 Å². The van der Waals surface area contributed by atoms with Gasteiger partial charge in [-0.05, 0) is 33.8 Å². The van der Waals surface area contributed by atoms with Crippen molar-refractivity contribution in [2.24, 2.45) is 0 Å². The van der Waals surface area contributed by atoms with Crippen molar-refractivity contribution in [3.8, 4) is 5.75 Å². The molecule has 0 radical (unpaired) electrons. The molecule has 1 saturated heterocycles. The maximum Gasteiger partial charge on any atom is 0.498 e. The van der Waals surface area contributed by atoms with E-state index in [1.807, 2.05) is 27.7 Å². The summed E-state index contributed by atoms with van der Waals surface area (Å²) in [5.41, 5.74) is -0.211. The van der Waals surface area contributed by atoms with Crippen molar-refractivity contribution in [1.82, 2.24) is 0 Å². The van der Waals surface area contributed by atoms with Crippen molar-refractivity contribution in [3.63, 3.8) is 0 Å². The van der Waals surface area contributed by atoms with Crippen LogP contribution in [0.25, 0.3) is 0 Å². The van der Waals surface area contributed by atoms with E-state index in [-0.39, 0.29) is 5.82 Å². The van der Waals surface area contributed by atoms with Crippen molar-refractivity contribution >= 4 is 12.6 Å². The molecule has 0 unspecified atom stereocenters. The highest BCUT2D eigenvalue weighted by Gasteiger charge is 2.52. The molecule has 1 heterocycles. The van der Waals surface area contributed by atoms with E-state index in [0.717, 1.165) is 0 Å². The van der Waals surface area contributed by atoms with Gasteiger partial charge in [0.05, 0.1) is 17.8 Å². The first-order chi connectivity index (χ1) is 9.77. The number of ether oxygens (including phenoxy) is 2. The van der Waals surface area contributed by atoms with Crippen LogP contribution in [-0.2, 0) is 14.0 Å². The molecule has 0 amide bonds. The maximum atomic E-state index is 13.5. The zero-order chi connectivity index (χ0) is 15.7. The lowest BCUT2D eigenvalue weighted by atomic mass is 9.78. The normalized spacial score (nSPS) is 19.8. The van der Waals surface area contributed by atoms with Crippen molar-refractivity contribution in [2.45, 2.75) is 38.9 Å². The van der Waals surface area contributed by atoms with Gasteiger partial charge in [0.2, 0.25) is 0 Å². The molecule has 1 aromatic rings. The number of benzene rings is 1. The van der Waals surface area contributed by atoms with Crippen molar-refractivity contribution in [2.75, 3.05) is 20.3 Å². The molecule has 0 atom stereocenters. The minimum atomic E-state index is -0.576. The van der Waals surface area contributed by atoms with Gasteiger partial charge in [-0.1, -0.05) is 6.07 Å². The Hall–Kier alpha value is -1.11. The van der Waals surface area contributed by atoms with Crippen LogP contribution in [0.5, 0.6) is 5.75 Å². The second kappa shape index (κ2) is 5.95. The number of methoxy groups -OCH3 is 1. The fourth-order valence-electron chi connectivity index (χ4n) is 2.03. The summed E-state index contributed by atoms with van der Waals surface area (Å²) in [7, 11) is 1.01. The lowest BCUT2D eigenvalue weighted by molar-refractivity contribution is 0.00578. The molecule has 2 rings (SSSR count). The molecule has 0 aliphatic carbocycles. The zero-order valence-electron chi connectivity index (χ0n) is 13.2. The molecule has 1 fully saturated rings. The zero-order valence-corrected chi connectivity index (χ0v) is 13.2. The van der Waals surface area contributed by atoms with Crippen LogP contribution < -0.4 is 10.2 Å². The predicted molar refractivity (Wildman–Crippen MR) is 79.5 cm³/mol. The second-order valence-electron chi connectivity index (χ2n) is 6.11. The van der Waals surface area contributed by atoms with Gasteiger partial charge < -0.3 is 18.8 Å². The Morgan fingerprint density at radius 3 is 2.29 bits per heavy atom. The molecule has 21 heavy (non-hydrogen) atoms. The Bertz CT molecular complexity index is 488. The highest BCUT2D eigenvalue weighted by atomic mass is 19.1. The highest BCUT2D eigenvalue weighted by molar-refractivity contribution is 6.63. The Balaban J connectivity index is 2.24. The smallest absolute Gasteiger partial charge is 0.491 e. The van der Waals surface area contributed by atoms with Crippen molar-refractivity contribution < 1.29 is 23.2 Å². The summed E-state index contributed by atoms with van der Waals surface area (Å²) in [6, 6.07) is 4.36. The highest BCUT2D eigenvalue weighted by Crippen LogP contribution is 2.37. The first kappa shape index (κ1) is 16.3. The predicted octanol–water partition coefficient (Wildman–Crippen LogP) is 2.15. The van der Waals surface area contributed by atoms with E-state index in [0.29, 0.717) is 24.4 Å². The van der Waals surface area contributed by atoms with Crippen LogP contribution in [0.2, 0.25) is 0 Å². The molecular formula is C15H22BFO4. The van der Waals surface area contributed by atoms with E-state index < -0.39 is 18.3 Å². The van der Waals surface area contributed by atoms with Gasteiger partial charge >= 0.3 is 7.12 Å². The third kappa shape index (κ3) is 3.39. The Morgan fingerprint density at radius 2 is 1.71 bits per heavy atom. The SMILES string of the molecule is COCCOc1cc(F)ccc1B1OC(C)(C)C(C)(C)O1. The molecule has 1 aromatic carbocycles.